The van der Waals surface area contributed by atoms with Crippen molar-refractivity contribution in [3.63, 3.8) is 0 Å². The molecule has 0 radical (unpaired) electrons. The van der Waals surface area contributed by atoms with E-state index < -0.39 is 22.0 Å². The van der Waals surface area contributed by atoms with E-state index in [-0.39, 0.29) is 11.3 Å². The van der Waals surface area contributed by atoms with Crippen molar-refractivity contribution in [2.75, 3.05) is 6.26 Å². The van der Waals surface area contributed by atoms with Crippen LogP contribution in [-0.4, -0.2) is 25.6 Å². The average molecular weight is 306 g/mol. The van der Waals surface area contributed by atoms with Crippen LogP contribution in [0.4, 0.5) is 0 Å². The molecule has 1 N–H and O–H groups in total. The smallest absolute Gasteiger partial charge is 0.306 e. The summed E-state index contributed by atoms with van der Waals surface area (Å²) in [7, 11) is -3.76. The van der Waals surface area contributed by atoms with Crippen LogP contribution >= 0.6 is 0 Å². The molecular weight excluding hydrogens is 292 g/mol. The summed E-state index contributed by atoms with van der Waals surface area (Å²) >= 11 is 0. The Morgan fingerprint density at radius 3 is 2.24 bits per heavy atom. The van der Waals surface area contributed by atoms with Crippen LogP contribution in [0.2, 0.25) is 0 Å². The summed E-state index contributed by atoms with van der Waals surface area (Å²) in [6.07, 6.45) is -0.488. The molecule has 0 saturated carbocycles. The Bertz CT molecular complexity index is 738. The second kappa shape index (κ2) is 6.07. The minimum absolute atomic E-state index is 0.0132. The lowest BCUT2D eigenvalue weighted by atomic mass is 9.99. The van der Waals surface area contributed by atoms with Gasteiger partial charge in [0.05, 0.1) is 11.8 Å². The zero-order valence-corrected chi connectivity index (χ0v) is 12.1. The first-order chi connectivity index (χ1) is 9.88. The minimum Gasteiger partial charge on any atom is -0.382 e. The topological polar surface area (TPSA) is 80.7 Å². The molecule has 0 fully saturated rings. The summed E-state index contributed by atoms with van der Waals surface area (Å²) in [4.78, 5) is 12.3. The maximum Gasteiger partial charge on any atom is 0.306 e. The van der Waals surface area contributed by atoms with Crippen molar-refractivity contribution in [3.8, 4) is 5.75 Å². The number of carbonyl (C=O) groups is 1. The lowest BCUT2D eigenvalue weighted by molar-refractivity contribution is 0.0746. The molecule has 0 heterocycles. The number of aliphatic hydroxyl groups excluding tert-OH is 1. The van der Waals surface area contributed by atoms with Gasteiger partial charge in [0.2, 0.25) is 0 Å². The van der Waals surface area contributed by atoms with Crippen molar-refractivity contribution >= 4 is 15.9 Å². The van der Waals surface area contributed by atoms with Crippen LogP contribution in [0.5, 0.6) is 5.75 Å². The SMILES string of the molecule is CS(=O)(=O)Oc1ccccc1C(=O)C(O)c1ccccc1. The summed E-state index contributed by atoms with van der Waals surface area (Å²) in [5.41, 5.74) is 0.441. The normalized spacial score (nSPS) is 12.7. The molecule has 0 aliphatic carbocycles. The van der Waals surface area contributed by atoms with Crippen molar-refractivity contribution in [3.05, 3.63) is 65.7 Å². The van der Waals surface area contributed by atoms with Gasteiger partial charge in [-0.15, -0.1) is 0 Å². The number of aliphatic hydroxyl groups is 1. The van der Waals surface area contributed by atoms with Gasteiger partial charge < -0.3 is 9.29 Å². The molecule has 0 saturated heterocycles. The monoisotopic (exact) mass is 306 g/mol. The zero-order chi connectivity index (χ0) is 15.5. The van der Waals surface area contributed by atoms with Gasteiger partial charge >= 0.3 is 10.1 Å². The number of benzene rings is 2. The highest BCUT2D eigenvalue weighted by molar-refractivity contribution is 7.86. The van der Waals surface area contributed by atoms with E-state index in [2.05, 4.69) is 0 Å². The quantitative estimate of drug-likeness (QED) is 0.674. The molecule has 0 aliphatic heterocycles. The fourth-order valence-corrected chi connectivity index (χ4v) is 2.31. The third-order valence-corrected chi connectivity index (χ3v) is 3.24. The highest BCUT2D eigenvalue weighted by Crippen LogP contribution is 2.25. The number of hydrogen-bond acceptors (Lipinski definition) is 5. The second-order valence-electron chi connectivity index (χ2n) is 4.46. The Morgan fingerprint density at radius 2 is 1.62 bits per heavy atom. The molecule has 6 heteroatoms. The Balaban J connectivity index is 2.36. The van der Waals surface area contributed by atoms with Gasteiger partial charge in [0.25, 0.3) is 0 Å². The number of rotatable bonds is 5. The van der Waals surface area contributed by atoms with E-state index in [1.54, 1.807) is 42.5 Å². The Kier molecular flexibility index (Phi) is 4.40. The van der Waals surface area contributed by atoms with Crippen molar-refractivity contribution in [2.24, 2.45) is 0 Å². The van der Waals surface area contributed by atoms with Crippen LogP contribution in [0, 0.1) is 0 Å². The number of para-hydroxylation sites is 1. The van der Waals surface area contributed by atoms with Gasteiger partial charge in [0, 0.05) is 0 Å². The first-order valence-electron chi connectivity index (χ1n) is 6.14. The van der Waals surface area contributed by atoms with Gasteiger partial charge in [-0.25, -0.2) is 0 Å². The summed E-state index contributed by atoms with van der Waals surface area (Å²) in [5.74, 6) is -0.722. The number of carbonyl (C=O) groups excluding carboxylic acids is 1. The molecule has 5 nitrogen and oxygen atoms in total. The van der Waals surface area contributed by atoms with Crippen LogP contribution in [0.3, 0.4) is 0 Å². The maximum atomic E-state index is 12.3. The molecule has 0 aromatic heterocycles. The molecule has 1 atom stereocenters. The van der Waals surface area contributed by atoms with E-state index in [0.29, 0.717) is 5.56 Å². The van der Waals surface area contributed by atoms with E-state index in [4.69, 9.17) is 4.18 Å². The molecule has 0 bridgehead atoms. The highest BCUT2D eigenvalue weighted by atomic mass is 32.2. The predicted molar refractivity (Wildman–Crippen MR) is 77.6 cm³/mol. The van der Waals surface area contributed by atoms with Gasteiger partial charge in [-0.2, -0.15) is 8.42 Å². The molecule has 0 amide bonds. The van der Waals surface area contributed by atoms with E-state index in [1.807, 2.05) is 0 Å². The van der Waals surface area contributed by atoms with E-state index in [0.717, 1.165) is 6.26 Å². The summed E-state index contributed by atoms with van der Waals surface area (Å²) in [6.45, 7) is 0. The largest absolute Gasteiger partial charge is 0.382 e. The number of Topliss-reactive ketones (excluding diaryl/α,β-unsaturated/α-hetero) is 1. The third kappa shape index (κ3) is 3.90. The van der Waals surface area contributed by atoms with Crippen LogP contribution in [0.1, 0.15) is 22.0 Å². The molecule has 21 heavy (non-hydrogen) atoms. The fourth-order valence-electron chi connectivity index (χ4n) is 1.84. The Labute approximate surface area is 122 Å². The predicted octanol–water partition coefficient (Wildman–Crippen LogP) is 1.94. The van der Waals surface area contributed by atoms with Crippen molar-refractivity contribution in [2.45, 2.75) is 6.10 Å². The molecule has 0 aliphatic rings. The molecule has 110 valence electrons. The fraction of sp³-hybridized carbons (Fsp3) is 0.133. The number of hydrogen-bond donors (Lipinski definition) is 1. The summed E-state index contributed by atoms with van der Waals surface area (Å²) in [6, 6.07) is 14.3. The first kappa shape index (κ1) is 15.2. The summed E-state index contributed by atoms with van der Waals surface area (Å²) < 4.78 is 27.2. The first-order valence-corrected chi connectivity index (χ1v) is 7.96. The van der Waals surface area contributed by atoms with E-state index in [9.17, 15) is 18.3 Å². The number of ketones is 1. The van der Waals surface area contributed by atoms with Crippen molar-refractivity contribution < 1.29 is 22.5 Å². The van der Waals surface area contributed by atoms with Crippen molar-refractivity contribution in [1.29, 1.82) is 0 Å². The van der Waals surface area contributed by atoms with E-state index >= 15 is 0 Å². The van der Waals surface area contributed by atoms with Crippen molar-refractivity contribution in [1.82, 2.24) is 0 Å². The molecule has 2 aromatic carbocycles. The second-order valence-corrected chi connectivity index (χ2v) is 6.04. The van der Waals surface area contributed by atoms with Crippen LogP contribution in [0.15, 0.2) is 54.6 Å². The van der Waals surface area contributed by atoms with Gasteiger partial charge in [0.1, 0.15) is 6.10 Å². The van der Waals surface area contributed by atoms with Gasteiger partial charge in [-0.3, -0.25) is 4.79 Å². The van der Waals surface area contributed by atoms with Gasteiger partial charge in [-0.05, 0) is 17.7 Å². The molecule has 1 unspecified atom stereocenters. The molecule has 2 aromatic rings. The molecule has 2 rings (SSSR count). The third-order valence-electron chi connectivity index (χ3n) is 2.76. The maximum absolute atomic E-state index is 12.3. The average Bonchev–Trinajstić information content (AvgIpc) is 2.45. The Morgan fingerprint density at radius 1 is 1.05 bits per heavy atom. The van der Waals surface area contributed by atoms with Crippen LogP contribution in [0.25, 0.3) is 0 Å². The van der Waals surface area contributed by atoms with Gasteiger partial charge in [-0.1, -0.05) is 42.5 Å². The van der Waals surface area contributed by atoms with Gasteiger partial charge in [0.15, 0.2) is 11.5 Å². The Hall–Kier alpha value is -2.18. The lowest BCUT2D eigenvalue weighted by Crippen LogP contribution is -2.15. The molecule has 0 spiro atoms. The lowest BCUT2D eigenvalue weighted by Gasteiger charge is -2.13. The van der Waals surface area contributed by atoms with Crippen LogP contribution < -0.4 is 4.18 Å². The van der Waals surface area contributed by atoms with Crippen LogP contribution in [-0.2, 0) is 10.1 Å². The highest BCUT2D eigenvalue weighted by Gasteiger charge is 2.23. The summed E-state index contributed by atoms with van der Waals surface area (Å²) in [5, 5.41) is 10.1. The minimum atomic E-state index is -3.76. The molecular formula is C15H14O5S. The standard InChI is InChI=1S/C15H14O5S/c1-21(18,19)20-13-10-6-5-9-12(13)15(17)14(16)11-7-3-2-4-8-11/h2-10,14,16H,1H3. The van der Waals surface area contributed by atoms with E-state index in [1.165, 1.54) is 12.1 Å². The zero-order valence-electron chi connectivity index (χ0n) is 11.3.